The highest BCUT2D eigenvalue weighted by molar-refractivity contribution is 7.13. The van der Waals surface area contributed by atoms with Gasteiger partial charge >= 0.3 is 0 Å². The Hall–Kier alpha value is -6.67. The molecule has 2 amide bonds. The zero-order chi connectivity index (χ0) is 53.3. The molecular weight excluding hydrogens is 995 g/mol. The summed E-state index contributed by atoms with van der Waals surface area (Å²) in [5.41, 5.74) is 15.2. The van der Waals surface area contributed by atoms with Gasteiger partial charge in [-0.2, -0.15) is 0 Å². The summed E-state index contributed by atoms with van der Waals surface area (Å²) >= 11 is 1.60. The van der Waals surface area contributed by atoms with Gasteiger partial charge in [0.25, 0.3) is 0 Å². The van der Waals surface area contributed by atoms with Crippen molar-refractivity contribution >= 4 is 40.3 Å². The number of piperazine rings is 1. The zero-order valence-electron chi connectivity index (χ0n) is 44.4. The average molecular weight is 1070 g/mol. The maximum Gasteiger partial charge on any atom is 0.243 e. The van der Waals surface area contributed by atoms with Gasteiger partial charge in [-0.1, -0.05) is 55.4 Å². The summed E-state index contributed by atoms with van der Waals surface area (Å²) in [7, 11) is 0. The number of aliphatic hydroxyl groups excluding tert-OH is 1. The number of phenolic OH excluding ortho intramolecular Hbond substituents is 1. The molecule has 8 heterocycles. The number of likely N-dealkylation sites (tertiary alicyclic amines) is 2. The molecule has 4 aliphatic heterocycles. The number of aliphatic hydroxyl groups is 1. The van der Waals surface area contributed by atoms with Crippen molar-refractivity contribution in [1.29, 1.82) is 0 Å². The lowest BCUT2D eigenvalue weighted by molar-refractivity contribution is -0.141. The molecule has 77 heavy (non-hydrogen) atoms. The molecule has 0 spiro atoms. The second-order valence-corrected chi connectivity index (χ2v) is 23.0. The van der Waals surface area contributed by atoms with E-state index in [0.29, 0.717) is 40.8 Å². The van der Waals surface area contributed by atoms with Crippen molar-refractivity contribution in [3.05, 3.63) is 107 Å². The summed E-state index contributed by atoms with van der Waals surface area (Å²) < 4.78 is 18.9. The monoisotopic (exact) mass is 1070 g/mol. The number of β-amino-alcohol motifs (C(OH)–C–C–N with tert-alkyl or cyclic N) is 1. The normalized spacial score (nSPS) is 23.5. The number of fused-ring (bicyclic) bond motifs is 2. The van der Waals surface area contributed by atoms with E-state index in [9.17, 15) is 19.8 Å². The summed E-state index contributed by atoms with van der Waals surface area (Å²) in [6, 6.07) is 22.7. The first-order valence-corrected chi connectivity index (χ1v) is 28.4. The number of aryl methyl sites for hydroxylation is 2. The number of ether oxygens (including phenoxy) is 2. The molecule has 19 heteroatoms. The fourth-order valence-electron chi connectivity index (χ4n) is 12.2. The average Bonchev–Trinajstić information content (AvgIpc) is 4.22. The first kappa shape index (κ1) is 52.4. The van der Waals surface area contributed by atoms with Gasteiger partial charge in [0.1, 0.15) is 29.6 Å². The molecule has 1 aliphatic carbocycles. The number of amides is 2. The Morgan fingerprint density at radius 3 is 2.39 bits per heavy atom. The largest absolute Gasteiger partial charge is 0.507 e. The Balaban J connectivity index is 0.601. The highest BCUT2D eigenvalue weighted by Crippen LogP contribution is 2.41. The third kappa shape index (κ3) is 11.5. The van der Waals surface area contributed by atoms with E-state index in [1.54, 1.807) is 23.5 Å². The second kappa shape index (κ2) is 22.7. The van der Waals surface area contributed by atoms with Crippen LogP contribution in [-0.4, -0.2) is 139 Å². The number of para-hydroxylation sites is 1. The van der Waals surface area contributed by atoms with Crippen LogP contribution in [0, 0.1) is 12.8 Å². The van der Waals surface area contributed by atoms with E-state index in [4.69, 9.17) is 19.7 Å². The van der Waals surface area contributed by atoms with Crippen LogP contribution in [0.5, 0.6) is 11.6 Å². The number of carbonyl (C=O) groups is 2. The van der Waals surface area contributed by atoms with Crippen molar-refractivity contribution in [2.45, 2.75) is 140 Å². The molecule has 11 rings (SSSR count). The van der Waals surface area contributed by atoms with Crippen LogP contribution in [0.3, 0.4) is 0 Å². The Morgan fingerprint density at radius 1 is 0.896 bits per heavy atom. The minimum atomic E-state index is -0.801. The first-order chi connectivity index (χ1) is 37.3. The van der Waals surface area contributed by atoms with Crippen LogP contribution < -0.4 is 25.6 Å². The number of aromatic hydroxyl groups is 1. The van der Waals surface area contributed by atoms with Crippen molar-refractivity contribution in [2.24, 2.45) is 5.92 Å². The van der Waals surface area contributed by atoms with E-state index < -0.39 is 18.1 Å². The minimum absolute atomic E-state index is 0.0723. The van der Waals surface area contributed by atoms with E-state index in [0.717, 1.165) is 123 Å². The van der Waals surface area contributed by atoms with Crippen LogP contribution in [-0.2, 0) is 20.7 Å². The number of benzene rings is 2. The molecule has 2 bridgehead atoms. The van der Waals surface area contributed by atoms with Crippen LogP contribution in [0.2, 0.25) is 0 Å². The van der Waals surface area contributed by atoms with Crippen molar-refractivity contribution in [3.63, 3.8) is 0 Å². The van der Waals surface area contributed by atoms with Gasteiger partial charge in [-0.15, -0.1) is 21.5 Å². The number of carbonyl (C=O) groups excluding carboxylic acids is 2. The van der Waals surface area contributed by atoms with Crippen molar-refractivity contribution in [2.75, 3.05) is 54.8 Å². The van der Waals surface area contributed by atoms with Gasteiger partial charge in [0, 0.05) is 93.7 Å². The number of hydrogen-bond donors (Lipinski definition) is 4. The summed E-state index contributed by atoms with van der Waals surface area (Å²) in [6.45, 7) is 12.4. The van der Waals surface area contributed by atoms with Crippen molar-refractivity contribution < 1.29 is 33.8 Å². The van der Waals surface area contributed by atoms with Crippen molar-refractivity contribution in [1.82, 2.24) is 40.4 Å². The number of aromatic nitrogens is 5. The summed E-state index contributed by atoms with van der Waals surface area (Å²) in [4.78, 5) is 47.0. The maximum absolute atomic E-state index is 14.3. The molecule has 6 atom stereocenters. The van der Waals surface area contributed by atoms with Gasteiger partial charge in [-0.05, 0) is 100 Å². The lowest BCUT2D eigenvalue weighted by Gasteiger charge is -2.43. The van der Waals surface area contributed by atoms with Crippen LogP contribution >= 0.6 is 11.3 Å². The topological polar surface area (TPSA) is 222 Å². The minimum Gasteiger partial charge on any atom is -0.507 e. The quantitative estimate of drug-likeness (QED) is 0.0647. The predicted molar refractivity (Wildman–Crippen MR) is 295 cm³/mol. The van der Waals surface area contributed by atoms with Crippen LogP contribution in [0.4, 0.5) is 17.2 Å². The molecule has 4 aromatic heterocycles. The van der Waals surface area contributed by atoms with Crippen LogP contribution in [0.25, 0.3) is 21.7 Å². The lowest BCUT2D eigenvalue weighted by atomic mass is 9.91. The van der Waals surface area contributed by atoms with Gasteiger partial charge in [-0.25, -0.2) is 9.97 Å². The number of hydrogen-bond acceptors (Lipinski definition) is 17. The molecule has 5 N–H and O–H groups in total. The predicted octanol–water partition coefficient (Wildman–Crippen LogP) is 7.71. The van der Waals surface area contributed by atoms with Gasteiger partial charge in [0.15, 0.2) is 5.82 Å². The molecule has 2 unspecified atom stereocenters. The number of nitrogens with zero attached hydrogens (tertiary/aromatic N) is 9. The smallest absolute Gasteiger partial charge is 0.243 e. The van der Waals surface area contributed by atoms with Gasteiger partial charge in [0.2, 0.25) is 17.7 Å². The Labute approximate surface area is 454 Å². The van der Waals surface area contributed by atoms with E-state index in [1.807, 2.05) is 87.9 Å². The fraction of sp³-hybridized carbons (Fsp3) is 0.500. The zero-order valence-corrected chi connectivity index (χ0v) is 45.2. The number of nitrogens with two attached hydrogens (primary N) is 1. The summed E-state index contributed by atoms with van der Waals surface area (Å²) in [5.74, 6) is 0.395. The molecule has 6 aromatic rings. The molecule has 406 valence electrons. The Bertz CT molecular complexity index is 3000. The maximum atomic E-state index is 14.3. The Morgan fingerprint density at radius 2 is 1.66 bits per heavy atom. The third-order valence-corrected chi connectivity index (χ3v) is 17.4. The second-order valence-electron chi connectivity index (χ2n) is 22.1. The standard InChI is InChI=1S/C58H71N11O7S/c1-34(2)54(58(73)68-32-43(70)26-50(68)57(72)62-35(3)37-11-13-38(14-12-37)55-36(4)61-33-77-55)52-24-39(65-76-52)8-7-21-66-22-18-44(19-23-66)74-45-27-46(28-45)75-53-25-40(17-20-60-53)69-41-15-16-42(69)31-67(30-41)49-29-48(63-64-56(49)59)47-9-5-6-10-51(47)71/h5-6,9-14,17,20,24-25,29,33-35,41-46,50,54,70-71H,7-8,15-16,18-19,21-23,26-28,30-32H2,1-4H3,(H2,59,64)(H,62,72)/t35-,41?,42?,43+,45?,46?,50-,54+/m0/s1. The molecule has 5 aliphatic rings. The summed E-state index contributed by atoms with van der Waals surface area (Å²) in [6.07, 6.45) is 9.15. The molecule has 2 aromatic carbocycles. The molecule has 18 nitrogen and oxygen atoms in total. The van der Waals surface area contributed by atoms with Crippen molar-refractivity contribution in [3.8, 4) is 33.3 Å². The van der Waals surface area contributed by atoms with Gasteiger partial charge in [-0.3, -0.25) is 9.59 Å². The van der Waals surface area contributed by atoms with E-state index in [-0.39, 0.29) is 60.8 Å². The summed E-state index contributed by atoms with van der Waals surface area (Å²) in [5, 5.41) is 37.3. The Kier molecular flexibility index (Phi) is 15.5. The number of pyridine rings is 1. The third-order valence-electron chi connectivity index (χ3n) is 16.4. The molecule has 4 saturated heterocycles. The molecular formula is C58H71N11O7S. The van der Waals surface area contributed by atoms with Crippen LogP contribution in [0.1, 0.15) is 107 Å². The number of thiazole rings is 1. The SMILES string of the molecule is Cc1ncsc1-c1ccc([C@H](C)NC(=O)[C@@H]2C[C@@H](O)CN2C(=O)[C@@H](c2cc(CCCN3CCC(OC4CC(Oc5cc(N6C7CCC6CN(c6cc(-c8ccccc8O)nnc6N)C7)ccn5)C4)CC3)no2)C(C)C)cc1. The molecule has 1 saturated carbocycles. The highest BCUT2D eigenvalue weighted by Gasteiger charge is 2.44. The first-order valence-electron chi connectivity index (χ1n) is 27.5. The highest BCUT2D eigenvalue weighted by atomic mass is 32.1. The van der Waals surface area contributed by atoms with E-state index in [2.05, 4.69) is 57.5 Å². The number of phenols is 1. The number of rotatable bonds is 18. The molecule has 0 radical (unpaired) electrons. The number of anilines is 3. The van der Waals surface area contributed by atoms with Crippen LogP contribution in [0.15, 0.2) is 89.0 Å². The number of nitrogen functional groups attached to an aromatic ring is 1. The lowest BCUT2D eigenvalue weighted by Crippen LogP contribution is -2.54. The number of piperidine rings is 1. The van der Waals surface area contributed by atoms with Gasteiger partial charge in [0.05, 0.1) is 57.5 Å². The van der Waals surface area contributed by atoms with E-state index >= 15 is 0 Å². The fourth-order valence-corrected chi connectivity index (χ4v) is 13.1. The molecule has 5 fully saturated rings. The van der Waals surface area contributed by atoms with E-state index in [1.165, 1.54) is 4.90 Å². The number of nitrogens with one attached hydrogen (secondary N) is 1. The van der Waals surface area contributed by atoms with Gasteiger partial charge < -0.3 is 54.9 Å².